The molecule has 110 valence electrons. The second-order valence-electron chi connectivity index (χ2n) is 6.24. The molecule has 0 amide bonds. The van der Waals surface area contributed by atoms with Crippen LogP contribution in [-0.4, -0.2) is 23.3 Å². The minimum absolute atomic E-state index is 0.328. The van der Waals surface area contributed by atoms with Gasteiger partial charge in [0.15, 0.2) is 0 Å². The van der Waals surface area contributed by atoms with Crippen molar-refractivity contribution in [1.82, 2.24) is 4.98 Å². The Morgan fingerprint density at radius 2 is 1.71 bits per heavy atom. The van der Waals surface area contributed by atoms with Crippen molar-refractivity contribution in [3.63, 3.8) is 0 Å². The minimum atomic E-state index is -2.09. The summed E-state index contributed by atoms with van der Waals surface area (Å²) in [6, 6.07) is 6.82. The van der Waals surface area contributed by atoms with Gasteiger partial charge in [-0.15, -0.1) is 11.3 Å². The van der Waals surface area contributed by atoms with Gasteiger partial charge in [0, 0.05) is 15.1 Å². The predicted octanol–water partition coefficient (Wildman–Crippen LogP) is 3.42. The largest absolute Gasteiger partial charge is 0.515 e. The second kappa shape index (κ2) is 4.94. The van der Waals surface area contributed by atoms with Gasteiger partial charge < -0.3 is 9.31 Å². The molecule has 0 bridgehead atoms. The van der Waals surface area contributed by atoms with Crippen LogP contribution in [0.2, 0.25) is 0 Å². The number of hydrogen-bond donors (Lipinski definition) is 0. The van der Waals surface area contributed by atoms with Gasteiger partial charge in [-0.25, -0.2) is 4.98 Å². The lowest BCUT2D eigenvalue weighted by Crippen LogP contribution is -2.41. The Hall–Kier alpha value is -1.17. The van der Waals surface area contributed by atoms with Crippen LogP contribution in [0, 0.1) is 6.85 Å². The van der Waals surface area contributed by atoms with E-state index in [2.05, 4.69) is 4.98 Å². The number of nitrogens with zero attached hydrogens (tertiary/aromatic N) is 1. The lowest BCUT2D eigenvalue weighted by Gasteiger charge is -2.32. The number of hydrogen-bond acceptors (Lipinski definition) is 4. The summed E-state index contributed by atoms with van der Waals surface area (Å²) >= 11 is 1.49. The van der Waals surface area contributed by atoms with Crippen LogP contribution < -0.4 is 5.59 Å². The standard InChI is InChI=1S/C16H20BNO2S/c1-11-6-8-12(9-7-11)14-18-13(10-21-14)17-19-15(2,3)16(4,5)20-17/h6-10H,1-5H3/i1D3. The van der Waals surface area contributed by atoms with Gasteiger partial charge in [-0.1, -0.05) is 29.8 Å². The van der Waals surface area contributed by atoms with E-state index in [0.717, 1.165) is 16.2 Å². The van der Waals surface area contributed by atoms with Gasteiger partial charge in [0.25, 0.3) is 0 Å². The van der Waals surface area contributed by atoms with E-state index >= 15 is 0 Å². The van der Waals surface area contributed by atoms with Crippen LogP contribution in [0.1, 0.15) is 37.4 Å². The molecule has 3 nitrogen and oxygen atoms in total. The molecule has 0 saturated carbocycles. The van der Waals surface area contributed by atoms with Gasteiger partial charge >= 0.3 is 7.12 Å². The maximum atomic E-state index is 7.43. The molecule has 1 aliphatic heterocycles. The van der Waals surface area contributed by atoms with Crippen LogP contribution in [0.4, 0.5) is 0 Å². The molecule has 0 atom stereocenters. The van der Waals surface area contributed by atoms with Crippen LogP contribution in [0.3, 0.4) is 0 Å². The van der Waals surface area contributed by atoms with E-state index in [9.17, 15) is 0 Å². The summed E-state index contributed by atoms with van der Waals surface area (Å²) in [6.45, 7) is 5.94. The van der Waals surface area contributed by atoms with Gasteiger partial charge in [0.1, 0.15) is 5.01 Å². The molecular weight excluding hydrogens is 281 g/mol. The van der Waals surface area contributed by atoms with Crippen LogP contribution in [-0.2, 0) is 9.31 Å². The highest BCUT2D eigenvalue weighted by Crippen LogP contribution is 2.36. The van der Waals surface area contributed by atoms with Crippen LogP contribution >= 0.6 is 11.3 Å². The van der Waals surface area contributed by atoms with E-state index in [1.165, 1.54) is 11.3 Å². The second-order valence-corrected chi connectivity index (χ2v) is 7.10. The Morgan fingerprint density at radius 3 is 2.29 bits per heavy atom. The van der Waals surface area contributed by atoms with Crippen LogP contribution in [0.15, 0.2) is 29.6 Å². The molecule has 0 N–H and O–H groups in total. The van der Waals surface area contributed by atoms with Gasteiger partial charge in [-0.2, -0.15) is 0 Å². The van der Waals surface area contributed by atoms with E-state index in [1.807, 2.05) is 33.1 Å². The lowest BCUT2D eigenvalue weighted by molar-refractivity contribution is 0.00578. The molecule has 1 saturated heterocycles. The summed E-state index contributed by atoms with van der Waals surface area (Å²) in [7, 11) is -0.485. The molecule has 1 fully saturated rings. The molecule has 1 aromatic heterocycles. The van der Waals surface area contributed by atoms with Crippen molar-refractivity contribution in [3.05, 3.63) is 35.2 Å². The first-order valence-electron chi connectivity index (χ1n) is 8.42. The van der Waals surface area contributed by atoms with Gasteiger partial charge in [-0.3, -0.25) is 0 Å². The average Bonchev–Trinajstić information content (AvgIpc) is 3.02. The third kappa shape index (κ3) is 2.66. The summed E-state index contributed by atoms with van der Waals surface area (Å²) in [4.78, 5) is 4.61. The van der Waals surface area contributed by atoms with Gasteiger partial charge in [-0.05, 0) is 34.5 Å². The molecule has 0 aliphatic carbocycles. The maximum Gasteiger partial charge on any atom is 0.515 e. The molecule has 0 unspecified atom stereocenters. The summed E-state index contributed by atoms with van der Waals surface area (Å²) in [5, 5.41) is 2.74. The number of aromatic nitrogens is 1. The summed E-state index contributed by atoms with van der Waals surface area (Å²) < 4.78 is 34.3. The highest BCUT2D eigenvalue weighted by atomic mass is 32.1. The Bertz CT molecular complexity index is 725. The fourth-order valence-corrected chi connectivity index (χ4v) is 2.93. The Kier molecular flexibility index (Phi) is 2.68. The summed E-state index contributed by atoms with van der Waals surface area (Å²) in [5.41, 5.74) is 1.16. The molecule has 5 heteroatoms. The first-order valence-corrected chi connectivity index (χ1v) is 7.80. The van der Waals surface area contributed by atoms with E-state index < -0.39 is 25.2 Å². The van der Waals surface area contributed by atoms with Gasteiger partial charge in [0.05, 0.1) is 16.8 Å². The summed E-state index contributed by atoms with van der Waals surface area (Å²) in [6.07, 6.45) is 0. The topological polar surface area (TPSA) is 31.4 Å². The number of rotatable bonds is 2. The van der Waals surface area contributed by atoms with Crippen LogP contribution in [0.25, 0.3) is 10.6 Å². The molecule has 2 heterocycles. The van der Waals surface area contributed by atoms with Crippen molar-refractivity contribution in [2.24, 2.45) is 0 Å². The Labute approximate surface area is 134 Å². The molecule has 21 heavy (non-hydrogen) atoms. The number of thiazole rings is 1. The molecule has 2 aromatic rings. The third-order valence-corrected chi connectivity index (χ3v) is 5.06. The van der Waals surface area contributed by atoms with Crippen molar-refractivity contribution in [2.45, 2.75) is 45.7 Å². The first kappa shape index (κ1) is 11.4. The fourth-order valence-electron chi connectivity index (χ4n) is 2.10. The molecule has 3 rings (SSSR count). The SMILES string of the molecule is [2H]C([2H])([2H])c1ccc(-c2nc(B3OC(C)(C)C(C)(C)O3)cs2)cc1. The zero-order valence-electron chi connectivity index (χ0n) is 15.6. The zero-order valence-corrected chi connectivity index (χ0v) is 13.5. The zero-order chi connectivity index (χ0) is 17.8. The first-order chi connectivity index (χ1) is 11.0. The van der Waals surface area contributed by atoms with Crippen LogP contribution in [0.5, 0.6) is 0 Å². The molecule has 1 aromatic carbocycles. The van der Waals surface area contributed by atoms with E-state index in [0.29, 0.717) is 5.56 Å². The fraction of sp³-hybridized carbons (Fsp3) is 0.438. The Balaban J connectivity index is 1.82. The van der Waals surface area contributed by atoms with E-state index in [-0.39, 0.29) is 0 Å². The van der Waals surface area contributed by atoms with E-state index in [4.69, 9.17) is 13.4 Å². The molecular formula is C16H20BNO2S. The quantitative estimate of drug-likeness (QED) is 0.797. The number of aryl methyl sites for hydroxylation is 1. The smallest absolute Gasteiger partial charge is 0.398 e. The average molecular weight is 304 g/mol. The highest BCUT2D eigenvalue weighted by Gasteiger charge is 2.52. The van der Waals surface area contributed by atoms with Crippen molar-refractivity contribution in [1.29, 1.82) is 0 Å². The minimum Gasteiger partial charge on any atom is -0.398 e. The predicted molar refractivity (Wildman–Crippen MR) is 88.0 cm³/mol. The monoisotopic (exact) mass is 304 g/mol. The number of benzene rings is 1. The van der Waals surface area contributed by atoms with Gasteiger partial charge in [0.2, 0.25) is 0 Å². The van der Waals surface area contributed by atoms with E-state index in [1.54, 1.807) is 24.3 Å². The molecule has 0 radical (unpaired) electrons. The van der Waals surface area contributed by atoms with Crippen molar-refractivity contribution < 1.29 is 13.4 Å². The van der Waals surface area contributed by atoms with Crippen molar-refractivity contribution in [2.75, 3.05) is 0 Å². The van der Waals surface area contributed by atoms with Crippen molar-refractivity contribution >= 4 is 24.0 Å². The molecule has 1 aliphatic rings. The van der Waals surface area contributed by atoms with Crippen molar-refractivity contribution in [3.8, 4) is 10.6 Å². The molecule has 0 spiro atoms. The summed E-state index contributed by atoms with van der Waals surface area (Å²) in [5.74, 6) is 0. The normalized spacial score (nSPS) is 22.7. The highest BCUT2D eigenvalue weighted by molar-refractivity contribution is 7.14. The third-order valence-electron chi connectivity index (χ3n) is 4.15. The Morgan fingerprint density at radius 1 is 1.10 bits per heavy atom. The lowest BCUT2D eigenvalue weighted by atomic mass is 9.86. The maximum absolute atomic E-state index is 7.43.